The number of benzene rings is 3. The van der Waals surface area contributed by atoms with Crippen molar-refractivity contribution in [2.45, 2.75) is 13.3 Å². The number of carbonyl (C=O) groups excluding carboxylic acids is 2. The van der Waals surface area contributed by atoms with E-state index in [1.165, 1.54) is 13.2 Å². The fourth-order valence-electron chi connectivity index (χ4n) is 3.50. The summed E-state index contributed by atoms with van der Waals surface area (Å²) in [4.78, 5) is 27.8. The second kappa shape index (κ2) is 8.63. The van der Waals surface area contributed by atoms with Crippen molar-refractivity contribution < 1.29 is 23.1 Å². The highest BCUT2D eigenvalue weighted by Crippen LogP contribution is 2.34. The van der Waals surface area contributed by atoms with Crippen LogP contribution in [0, 0.1) is 11.6 Å². The smallest absolute Gasteiger partial charge is 0.282 e. The minimum Gasteiger partial charge on any atom is -0.497 e. The summed E-state index contributed by atoms with van der Waals surface area (Å²) in [5.74, 6) is -2.59. The molecule has 0 spiro atoms. The van der Waals surface area contributed by atoms with Gasteiger partial charge in [-0.25, -0.2) is 13.7 Å². The lowest BCUT2D eigenvalue weighted by Crippen LogP contribution is -2.32. The number of halogens is 2. The molecule has 0 saturated heterocycles. The van der Waals surface area contributed by atoms with Crippen molar-refractivity contribution in [3.8, 4) is 5.75 Å². The molecule has 5 nitrogen and oxygen atoms in total. The predicted molar refractivity (Wildman–Crippen MR) is 118 cm³/mol. The van der Waals surface area contributed by atoms with Gasteiger partial charge in [-0.15, -0.1) is 0 Å². The van der Waals surface area contributed by atoms with E-state index in [1.807, 2.05) is 19.1 Å². The molecule has 7 heteroatoms. The highest BCUT2D eigenvalue weighted by molar-refractivity contribution is 6.46. The first-order valence-corrected chi connectivity index (χ1v) is 10.0. The Bertz CT molecular complexity index is 1220. The molecule has 3 aromatic rings. The van der Waals surface area contributed by atoms with Crippen LogP contribution in [-0.4, -0.2) is 18.9 Å². The Hall–Kier alpha value is -4.00. The number of hydrogen-bond acceptors (Lipinski definition) is 4. The number of nitrogens with one attached hydrogen (secondary N) is 1. The van der Waals surface area contributed by atoms with Gasteiger partial charge < -0.3 is 10.1 Å². The number of amides is 2. The predicted octanol–water partition coefficient (Wildman–Crippen LogP) is 4.93. The molecule has 0 radical (unpaired) electrons. The van der Waals surface area contributed by atoms with Gasteiger partial charge in [-0.3, -0.25) is 9.59 Å². The highest BCUT2D eigenvalue weighted by Gasteiger charge is 2.40. The molecule has 1 heterocycles. The number of aryl methyl sites for hydroxylation is 1. The Labute approximate surface area is 183 Å². The van der Waals surface area contributed by atoms with E-state index in [2.05, 4.69) is 5.32 Å². The number of imide groups is 1. The maximum atomic E-state index is 13.7. The van der Waals surface area contributed by atoms with Crippen molar-refractivity contribution in [3.05, 3.63) is 95.2 Å². The number of carbonyl (C=O) groups is 2. The molecule has 4 rings (SSSR count). The summed E-state index contributed by atoms with van der Waals surface area (Å²) in [7, 11) is 1.52. The van der Waals surface area contributed by atoms with Gasteiger partial charge in [0, 0.05) is 11.8 Å². The summed E-state index contributed by atoms with van der Waals surface area (Å²) < 4.78 is 32.3. The molecule has 1 N–H and O–H groups in total. The largest absolute Gasteiger partial charge is 0.497 e. The fraction of sp³-hybridized carbons (Fsp3) is 0.120. The van der Waals surface area contributed by atoms with Gasteiger partial charge in [0.25, 0.3) is 11.8 Å². The first kappa shape index (κ1) is 21.2. The molecule has 0 saturated carbocycles. The van der Waals surface area contributed by atoms with Crippen LogP contribution in [0.4, 0.5) is 20.2 Å². The summed E-state index contributed by atoms with van der Waals surface area (Å²) in [6.07, 6.45) is 0.820. The quantitative estimate of drug-likeness (QED) is 0.559. The van der Waals surface area contributed by atoms with E-state index in [9.17, 15) is 18.4 Å². The lowest BCUT2D eigenvalue weighted by Gasteiger charge is -2.16. The van der Waals surface area contributed by atoms with Crippen molar-refractivity contribution in [2.24, 2.45) is 0 Å². The second-order valence-electron chi connectivity index (χ2n) is 7.20. The summed E-state index contributed by atoms with van der Waals surface area (Å²) in [6.45, 7) is 2.01. The van der Waals surface area contributed by atoms with E-state index in [0.717, 1.165) is 29.0 Å². The molecule has 0 aliphatic carbocycles. The average Bonchev–Trinajstić information content (AvgIpc) is 3.05. The molecule has 0 atom stereocenters. The molecule has 3 aromatic carbocycles. The number of nitrogens with zero attached hydrogens (tertiary/aromatic N) is 1. The van der Waals surface area contributed by atoms with Crippen LogP contribution in [-0.2, 0) is 16.0 Å². The molecule has 0 aromatic heterocycles. The van der Waals surface area contributed by atoms with Crippen LogP contribution < -0.4 is 15.0 Å². The molecule has 2 amide bonds. The molecule has 0 fully saturated rings. The van der Waals surface area contributed by atoms with Crippen LogP contribution in [0.3, 0.4) is 0 Å². The minimum absolute atomic E-state index is 0.0225. The molecule has 1 aliphatic heterocycles. The second-order valence-corrected chi connectivity index (χ2v) is 7.20. The third kappa shape index (κ3) is 3.85. The molecule has 0 bridgehead atoms. The van der Waals surface area contributed by atoms with E-state index in [-0.39, 0.29) is 17.0 Å². The van der Waals surface area contributed by atoms with Gasteiger partial charge in [0.15, 0.2) is 11.6 Å². The van der Waals surface area contributed by atoms with Crippen molar-refractivity contribution in [2.75, 3.05) is 17.3 Å². The lowest BCUT2D eigenvalue weighted by atomic mass is 10.0. The standard InChI is InChI=1S/C25H20F2N2O3/c1-3-15-4-9-18(10-5-15)29-24(30)22(16-6-11-19(32-2)12-7-16)23(25(29)31)28-17-8-13-20(26)21(27)14-17/h4-14,28H,3H2,1-2H3. The van der Waals surface area contributed by atoms with Crippen molar-refractivity contribution in [1.29, 1.82) is 0 Å². The molecule has 162 valence electrons. The van der Waals surface area contributed by atoms with Gasteiger partial charge in [0.1, 0.15) is 11.4 Å². The average molecular weight is 434 g/mol. The Morgan fingerprint density at radius 3 is 2.16 bits per heavy atom. The monoisotopic (exact) mass is 434 g/mol. The van der Waals surface area contributed by atoms with Crippen molar-refractivity contribution in [1.82, 2.24) is 0 Å². The minimum atomic E-state index is -1.06. The number of rotatable bonds is 6. The van der Waals surface area contributed by atoms with E-state index in [0.29, 0.717) is 17.0 Å². The topological polar surface area (TPSA) is 58.6 Å². The van der Waals surface area contributed by atoms with Crippen LogP contribution in [0.5, 0.6) is 5.75 Å². The van der Waals surface area contributed by atoms with Gasteiger partial charge in [-0.1, -0.05) is 31.2 Å². The summed E-state index contributed by atoms with van der Waals surface area (Å²) in [6, 6.07) is 17.0. The molecule has 0 unspecified atom stereocenters. The first-order chi connectivity index (χ1) is 15.4. The summed E-state index contributed by atoms with van der Waals surface area (Å²) in [5, 5.41) is 2.82. The van der Waals surface area contributed by atoms with Crippen LogP contribution >= 0.6 is 0 Å². The molecule has 1 aliphatic rings. The Kier molecular flexibility index (Phi) is 5.73. The van der Waals surface area contributed by atoms with E-state index < -0.39 is 23.4 Å². The summed E-state index contributed by atoms with van der Waals surface area (Å²) >= 11 is 0. The maximum absolute atomic E-state index is 13.7. The fourth-order valence-corrected chi connectivity index (χ4v) is 3.50. The first-order valence-electron chi connectivity index (χ1n) is 10.0. The third-order valence-corrected chi connectivity index (χ3v) is 5.25. The highest BCUT2D eigenvalue weighted by atomic mass is 19.2. The van der Waals surface area contributed by atoms with Crippen LogP contribution in [0.2, 0.25) is 0 Å². The van der Waals surface area contributed by atoms with E-state index >= 15 is 0 Å². The Morgan fingerprint density at radius 1 is 0.875 bits per heavy atom. The normalized spacial score (nSPS) is 13.7. The van der Waals surface area contributed by atoms with Crippen LogP contribution in [0.15, 0.2) is 72.4 Å². The van der Waals surface area contributed by atoms with Crippen molar-refractivity contribution >= 4 is 28.8 Å². The zero-order chi connectivity index (χ0) is 22.8. The Balaban J connectivity index is 1.79. The zero-order valence-corrected chi connectivity index (χ0v) is 17.5. The molecular formula is C25H20F2N2O3. The molecule has 32 heavy (non-hydrogen) atoms. The lowest BCUT2D eigenvalue weighted by molar-refractivity contribution is -0.120. The Morgan fingerprint density at radius 2 is 1.56 bits per heavy atom. The van der Waals surface area contributed by atoms with E-state index in [1.54, 1.807) is 36.4 Å². The number of hydrogen-bond donors (Lipinski definition) is 1. The number of anilines is 2. The molecular weight excluding hydrogens is 414 g/mol. The van der Waals surface area contributed by atoms with Gasteiger partial charge in [-0.2, -0.15) is 0 Å². The van der Waals surface area contributed by atoms with E-state index in [4.69, 9.17) is 4.74 Å². The van der Waals surface area contributed by atoms with Crippen molar-refractivity contribution in [3.63, 3.8) is 0 Å². The van der Waals surface area contributed by atoms with Crippen LogP contribution in [0.1, 0.15) is 18.1 Å². The van der Waals surface area contributed by atoms with Gasteiger partial charge in [-0.05, 0) is 53.9 Å². The SMILES string of the molecule is CCc1ccc(N2C(=O)C(Nc3ccc(F)c(F)c3)=C(c3ccc(OC)cc3)C2=O)cc1. The zero-order valence-electron chi connectivity index (χ0n) is 17.5. The third-order valence-electron chi connectivity index (χ3n) is 5.25. The summed E-state index contributed by atoms with van der Waals surface area (Å²) in [5.41, 5.74) is 2.23. The van der Waals surface area contributed by atoms with Gasteiger partial charge in [0.05, 0.1) is 18.4 Å². The van der Waals surface area contributed by atoms with Gasteiger partial charge >= 0.3 is 0 Å². The maximum Gasteiger partial charge on any atom is 0.282 e. The van der Waals surface area contributed by atoms with Crippen LogP contribution in [0.25, 0.3) is 5.57 Å². The number of methoxy groups -OCH3 is 1. The number of ether oxygens (including phenoxy) is 1. The van der Waals surface area contributed by atoms with Gasteiger partial charge in [0.2, 0.25) is 0 Å².